The third kappa shape index (κ3) is 5.63. The van der Waals surface area contributed by atoms with Gasteiger partial charge in [-0.3, -0.25) is 14.4 Å². The lowest BCUT2D eigenvalue weighted by molar-refractivity contribution is -0.150. The largest absolute Gasteiger partial charge is 0.491 e. The smallest absolute Gasteiger partial charge is 0.319 e. The maximum Gasteiger partial charge on any atom is 0.319 e. The molecule has 2 aliphatic heterocycles. The zero-order valence-electron chi connectivity index (χ0n) is 20.8. The van der Waals surface area contributed by atoms with Crippen LogP contribution in [0.2, 0.25) is 10.0 Å². The number of nitrogens with zero attached hydrogens (tertiary/aromatic N) is 2. The van der Waals surface area contributed by atoms with Crippen LogP contribution in [0.25, 0.3) is 0 Å². The fourth-order valence-electron chi connectivity index (χ4n) is 4.65. The molecule has 0 unspecified atom stereocenters. The van der Waals surface area contributed by atoms with E-state index in [1.165, 1.54) is 24.8 Å². The van der Waals surface area contributed by atoms with Gasteiger partial charge >= 0.3 is 5.97 Å². The Morgan fingerprint density at radius 3 is 2.53 bits per heavy atom. The number of fused-ring (bicyclic) bond motifs is 1. The highest BCUT2D eigenvalue weighted by Gasteiger charge is 2.45. The van der Waals surface area contributed by atoms with Crippen molar-refractivity contribution in [3.05, 3.63) is 73.7 Å². The average molecular weight is 574 g/mol. The number of thioether (sulfide) groups is 1. The Balaban J connectivity index is 1.64. The molecule has 0 aliphatic carbocycles. The van der Waals surface area contributed by atoms with Crippen LogP contribution < -0.4 is 10.1 Å². The van der Waals surface area contributed by atoms with Crippen molar-refractivity contribution in [3.8, 4) is 11.8 Å². The number of methoxy groups -OCH3 is 1. The molecule has 2 atom stereocenters. The highest BCUT2D eigenvalue weighted by atomic mass is 35.5. The summed E-state index contributed by atoms with van der Waals surface area (Å²) in [6, 6.07) is 13.2. The van der Waals surface area contributed by atoms with Gasteiger partial charge in [-0.25, -0.2) is 0 Å². The number of hydrogen-bond acceptors (Lipinski definition) is 7. The molecule has 198 valence electrons. The van der Waals surface area contributed by atoms with Crippen LogP contribution >= 0.6 is 35.0 Å². The van der Waals surface area contributed by atoms with Crippen LogP contribution in [0.15, 0.2) is 47.0 Å². The lowest BCUT2D eigenvalue weighted by Crippen LogP contribution is -2.44. The summed E-state index contributed by atoms with van der Waals surface area (Å²) >= 11 is 13.9. The molecule has 0 saturated heterocycles. The van der Waals surface area contributed by atoms with Crippen LogP contribution in [0.3, 0.4) is 0 Å². The van der Waals surface area contributed by atoms with Gasteiger partial charge < -0.3 is 19.7 Å². The summed E-state index contributed by atoms with van der Waals surface area (Å²) in [6.07, 6.45) is 0.762. The number of allylic oxidation sites excluding steroid dienone is 1. The number of nitrogens with one attached hydrogen (secondary N) is 1. The number of amides is 2. The van der Waals surface area contributed by atoms with Crippen LogP contribution in [-0.4, -0.2) is 48.7 Å². The Labute approximate surface area is 234 Å². The fraction of sp³-hybridized carbons (Fsp3) is 0.333. The van der Waals surface area contributed by atoms with Gasteiger partial charge in [0.05, 0.1) is 46.2 Å². The molecule has 2 aromatic rings. The van der Waals surface area contributed by atoms with Gasteiger partial charge in [0.1, 0.15) is 5.92 Å². The first-order valence-corrected chi connectivity index (χ1v) is 13.6. The molecule has 8 nitrogen and oxygen atoms in total. The number of esters is 1. The van der Waals surface area contributed by atoms with E-state index in [-0.39, 0.29) is 38.1 Å². The Morgan fingerprint density at radius 1 is 1.21 bits per heavy atom. The van der Waals surface area contributed by atoms with Crippen LogP contribution in [-0.2, 0) is 32.1 Å². The summed E-state index contributed by atoms with van der Waals surface area (Å²) in [4.78, 5) is 40.6. The summed E-state index contributed by atoms with van der Waals surface area (Å²) < 4.78 is 10.4. The highest BCUT2D eigenvalue weighted by Crippen LogP contribution is 2.44. The number of hydrogen-bond donors (Lipinski definition) is 1. The summed E-state index contributed by atoms with van der Waals surface area (Å²) in [5.41, 5.74) is 2.81. The monoisotopic (exact) mass is 573 g/mol. The molecule has 2 amide bonds. The van der Waals surface area contributed by atoms with Crippen molar-refractivity contribution in [2.24, 2.45) is 5.92 Å². The zero-order valence-corrected chi connectivity index (χ0v) is 23.1. The first-order chi connectivity index (χ1) is 18.3. The van der Waals surface area contributed by atoms with Crippen LogP contribution in [0.5, 0.6) is 5.75 Å². The summed E-state index contributed by atoms with van der Waals surface area (Å²) in [7, 11) is 1.17. The van der Waals surface area contributed by atoms with Gasteiger partial charge in [-0.1, -0.05) is 59.2 Å². The van der Waals surface area contributed by atoms with Gasteiger partial charge in [-0.05, 0) is 42.2 Å². The minimum Gasteiger partial charge on any atom is -0.491 e. The SMILES string of the molecule is CCOc1c(Cl)cc([C@@H]2C(C#N)=C(SCC(=O)N3CCc4ccccc4C3)NC(=O)[C@@H]2C(=O)OC)cc1Cl. The predicted molar refractivity (Wildman–Crippen MR) is 145 cm³/mol. The zero-order chi connectivity index (χ0) is 27.4. The molecule has 38 heavy (non-hydrogen) atoms. The van der Waals surface area contributed by atoms with Crippen LogP contribution in [0.4, 0.5) is 0 Å². The third-order valence-electron chi connectivity index (χ3n) is 6.48. The van der Waals surface area contributed by atoms with E-state index in [9.17, 15) is 19.6 Å². The Bertz CT molecular complexity index is 1330. The number of halogens is 2. The van der Waals surface area contributed by atoms with E-state index in [4.69, 9.17) is 32.7 Å². The van der Waals surface area contributed by atoms with Crippen molar-refractivity contribution in [2.75, 3.05) is 26.0 Å². The summed E-state index contributed by atoms with van der Waals surface area (Å²) in [6.45, 7) is 3.20. The quantitative estimate of drug-likeness (QED) is 0.385. The first-order valence-electron chi connectivity index (χ1n) is 11.9. The molecule has 0 radical (unpaired) electrons. The van der Waals surface area contributed by atoms with Crippen molar-refractivity contribution < 1.29 is 23.9 Å². The van der Waals surface area contributed by atoms with Gasteiger partial charge in [0.15, 0.2) is 5.75 Å². The topological polar surface area (TPSA) is 109 Å². The highest BCUT2D eigenvalue weighted by molar-refractivity contribution is 8.03. The molecular formula is C27H25Cl2N3O5S. The first kappa shape index (κ1) is 27.8. The summed E-state index contributed by atoms with van der Waals surface area (Å²) in [5.74, 6) is -3.69. The number of carbonyl (C=O) groups is 3. The number of carbonyl (C=O) groups excluding carboxylic acids is 3. The predicted octanol–water partition coefficient (Wildman–Crippen LogP) is 4.45. The molecule has 2 aliphatic rings. The Kier molecular flexibility index (Phi) is 8.87. The number of benzene rings is 2. The summed E-state index contributed by atoms with van der Waals surface area (Å²) in [5, 5.41) is 13.3. The fourth-order valence-corrected chi connectivity index (χ4v) is 6.22. The molecule has 0 fully saturated rings. The van der Waals surface area contributed by atoms with Crippen molar-refractivity contribution in [1.29, 1.82) is 5.26 Å². The average Bonchev–Trinajstić information content (AvgIpc) is 2.92. The van der Waals surface area contributed by atoms with Crippen molar-refractivity contribution >= 4 is 52.7 Å². The maximum absolute atomic E-state index is 13.1. The lowest BCUT2D eigenvalue weighted by Gasteiger charge is -2.32. The lowest BCUT2D eigenvalue weighted by atomic mass is 9.78. The molecular weight excluding hydrogens is 549 g/mol. The van der Waals surface area contributed by atoms with Gasteiger partial charge in [0, 0.05) is 19.0 Å². The van der Waals surface area contributed by atoms with Gasteiger partial charge in [-0.15, -0.1) is 0 Å². The number of rotatable bonds is 7. The standard InChI is InChI=1S/C27H25Cl2N3O5S/c1-3-37-24-19(28)10-17(11-20(24)29)22-18(12-30)26(31-25(34)23(22)27(35)36-2)38-14-21(33)32-9-8-15-6-4-5-7-16(15)13-32/h4-7,10-11,22-23H,3,8-9,13-14H2,1-2H3,(H,31,34)/t22-,23-/m1/s1. The van der Waals surface area contributed by atoms with E-state index in [1.54, 1.807) is 11.8 Å². The van der Waals surface area contributed by atoms with E-state index in [1.807, 2.05) is 18.2 Å². The van der Waals surface area contributed by atoms with Crippen LogP contribution in [0, 0.1) is 17.2 Å². The second kappa shape index (κ2) is 12.1. The Morgan fingerprint density at radius 2 is 1.89 bits per heavy atom. The number of ether oxygens (including phenoxy) is 2. The minimum absolute atomic E-state index is 0.00333. The second-order valence-electron chi connectivity index (χ2n) is 8.69. The van der Waals surface area contributed by atoms with Gasteiger partial charge in [-0.2, -0.15) is 5.26 Å². The third-order valence-corrected chi connectivity index (χ3v) is 8.04. The van der Waals surface area contributed by atoms with Gasteiger partial charge in [0.25, 0.3) is 0 Å². The Hall–Kier alpha value is -3.19. The molecule has 2 heterocycles. The van der Waals surface area contributed by atoms with E-state index < -0.39 is 23.7 Å². The normalized spacial score (nSPS) is 18.8. The molecule has 4 rings (SSSR count). The van der Waals surface area contributed by atoms with E-state index in [2.05, 4.69) is 17.5 Å². The number of nitriles is 1. The minimum atomic E-state index is -1.35. The van der Waals surface area contributed by atoms with Gasteiger partial charge in [0.2, 0.25) is 11.8 Å². The second-order valence-corrected chi connectivity index (χ2v) is 10.5. The molecule has 0 spiro atoms. The van der Waals surface area contributed by atoms with Crippen molar-refractivity contribution in [2.45, 2.75) is 25.8 Å². The molecule has 11 heteroatoms. The molecule has 0 aromatic heterocycles. The van der Waals surface area contributed by atoms with E-state index >= 15 is 0 Å². The van der Waals surface area contributed by atoms with Crippen molar-refractivity contribution in [1.82, 2.24) is 10.2 Å². The van der Waals surface area contributed by atoms with Crippen LogP contribution in [0.1, 0.15) is 29.5 Å². The van der Waals surface area contributed by atoms with Crippen molar-refractivity contribution in [3.63, 3.8) is 0 Å². The molecule has 1 N–H and O–H groups in total. The van der Waals surface area contributed by atoms with E-state index in [0.29, 0.717) is 25.3 Å². The molecule has 0 saturated carbocycles. The maximum atomic E-state index is 13.1. The molecule has 0 bridgehead atoms. The molecule has 2 aromatic carbocycles. The van der Waals surface area contributed by atoms with E-state index in [0.717, 1.165) is 23.7 Å².